The molecule has 3 heterocycles. The fraction of sp³-hybridized carbons (Fsp3) is 0.474. The zero-order chi connectivity index (χ0) is 22.3. The minimum Gasteiger partial charge on any atom is -0.372 e. The van der Waals surface area contributed by atoms with Crippen molar-refractivity contribution in [1.82, 2.24) is 14.9 Å². The van der Waals surface area contributed by atoms with Gasteiger partial charge in [0.2, 0.25) is 11.9 Å². The van der Waals surface area contributed by atoms with Crippen LogP contribution in [0.4, 0.5) is 29.9 Å². The number of hydrogen-bond donors (Lipinski definition) is 2. The second-order valence-corrected chi connectivity index (χ2v) is 8.98. The first-order valence-corrected chi connectivity index (χ1v) is 10.0. The maximum atomic E-state index is 13.0. The Bertz CT molecular complexity index is 1020. The lowest BCUT2D eigenvalue weighted by Gasteiger charge is -2.32. The number of alkyl halides is 3. The topological polar surface area (TPSA) is 93.9 Å². The van der Waals surface area contributed by atoms with Crippen LogP contribution in [0.25, 0.3) is 0 Å². The van der Waals surface area contributed by atoms with E-state index < -0.39 is 17.2 Å². The van der Waals surface area contributed by atoms with Crippen molar-refractivity contribution in [2.75, 3.05) is 24.2 Å². The summed E-state index contributed by atoms with van der Waals surface area (Å²) < 4.78 is 39.1. The molecule has 0 saturated carbocycles. The average molecular weight is 438 g/mol. The first kappa shape index (κ1) is 21.8. The zero-order valence-corrected chi connectivity index (χ0v) is 17.8. The highest BCUT2D eigenvalue weighted by Crippen LogP contribution is 2.39. The van der Waals surface area contributed by atoms with Crippen LogP contribution < -0.4 is 10.6 Å². The lowest BCUT2D eigenvalue weighted by Crippen LogP contribution is -2.42. The molecule has 7 nitrogen and oxygen atoms in total. The van der Waals surface area contributed by atoms with E-state index in [1.165, 1.54) is 18.4 Å². The second kappa shape index (κ2) is 7.75. The predicted octanol–water partition coefficient (Wildman–Crippen LogP) is 4.14. The van der Waals surface area contributed by atoms with Crippen LogP contribution in [-0.2, 0) is 23.9 Å². The molecule has 1 amide bonds. The van der Waals surface area contributed by atoms with Crippen molar-refractivity contribution >= 4 is 34.0 Å². The van der Waals surface area contributed by atoms with Crippen molar-refractivity contribution in [2.45, 2.75) is 39.9 Å². The molecule has 11 heteroatoms. The standard InChI is InChI=1S/C19H21F3N6OS/c1-18(2,3)16(29)28-6-5-10-11(7-23)15(30-13(10)9-28)27-17-25-8-12(19(20,21)22)14(24-4)26-17/h8H,5-6,9H2,1-4H3,(H2,24,25,26,27). The Morgan fingerprint density at radius 2 is 2.03 bits per heavy atom. The maximum absolute atomic E-state index is 13.0. The van der Waals surface area contributed by atoms with E-state index in [0.29, 0.717) is 36.3 Å². The molecule has 0 fully saturated rings. The molecule has 0 bridgehead atoms. The van der Waals surface area contributed by atoms with Gasteiger partial charge >= 0.3 is 6.18 Å². The number of nitrogens with one attached hydrogen (secondary N) is 2. The Labute approximate surface area is 175 Å². The molecule has 0 atom stereocenters. The number of carbonyl (C=O) groups is 1. The molecule has 0 aromatic carbocycles. The molecular weight excluding hydrogens is 417 g/mol. The molecule has 0 saturated heterocycles. The Morgan fingerprint density at radius 1 is 1.33 bits per heavy atom. The van der Waals surface area contributed by atoms with Gasteiger partial charge in [0, 0.05) is 30.1 Å². The zero-order valence-electron chi connectivity index (χ0n) is 16.9. The van der Waals surface area contributed by atoms with Crippen LogP contribution in [0.15, 0.2) is 6.20 Å². The lowest BCUT2D eigenvalue weighted by molar-refractivity contribution is -0.140. The van der Waals surface area contributed by atoms with Crippen LogP contribution in [0, 0.1) is 16.7 Å². The molecule has 2 aromatic heterocycles. The molecule has 1 aliphatic heterocycles. The summed E-state index contributed by atoms with van der Waals surface area (Å²) in [7, 11) is 1.34. The molecular formula is C19H21F3N6OS. The number of halogens is 3. The number of rotatable bonds is 3. The Balaban J connectivity index is 1.90. The molecule has 0 unspecified atom stereocenters. The third kappa shape index (κ3) is 4.18. The van der Waals surface area contributed by atoms with Crippen LogP contribution in [0.5, 0.6) is 0 Å². The number of nitriles is 1. The monoisotopic (exact) mass is 438 g/mol. The van der Waals surface area contributed by atoms with Crippen LogP contribution in [-0.4, -0.2) is 34.4 Å². The summed E-state index contributed by atoms with van der Waals surface area (Å²) in [5, 5.41) is 15.4. The van der Waals surface area contributed by atoms with Crippen molar-refractivity contribution in [3.63, 3.8) is 0 Å². The van der Waals surface area contributed by atoms with Gasteiger partial charge in [-0.1, -0.05) is 20.8 Å². The summed E-state index contributed by atoms with van der Waals surface area (Å²) in [5.74, 6) is -0.383. The van der Waals surface area contributed by atoms with Gasteiger partial charge in [-0.2, -0.15) is 23.4 Å². The van der Waals surface area contributed by atoms with Gasteiger partial charge in [0.1, 0.15) is 22.5 Å². The van der Waals surface area contributed by atoms with Crippen LogP contribution in [0.1, 0.15) is 42.3 Å². The van der Waals surface area contributed by atoms with Crippen molar-refractivity contribution in [3.05, 3.63) is 27.8 Å². The van der Waals surface area contributed by atoms with Crippen LogP contribution in [0.2, 0.25) is 0 Å². The summed E-state index contributed by atoms with van der Waals surface area (Å²) in [6, 6.07) is 2.16. The third-order valence-corrected chi connectivity index (χ3v) is 5.79. The fourth-order valence-electron chi connectivity index (χ4n) is 3.20. The van der Waals surface area contributed by atoms with Crippen molar-refractivity contribution < 1.29 is 18.0 Å². The van der Waals surface area contributed by atoms with E-state index in [-0.39, 0.29) is 17.7 Å². The van der Waals surface area contributed by atoms with Gasteiger partial charge in [-0.05, 0) is 12.0 Å². The largest absolute Gasteiger partial charge is 0.421 e. The SMILES string of the molecule is CNc1nc(Nc2sc3c(c2C#N)CCN(C(=O)C(C)(C)C)C3)ncc1C(F)(F)F. The van der Waals surface area contributed by atoms with Gasteiger partial charge < -0.3 is 15.5 Å². The molecule has 0 spiro atoms. The maximum Gasteiger partial charge on any atom is 0.421 e. The minimum absolute atomic E-state index is 0.0271. The Kier molecular flexibility index (Phi) is 5.64. The number of nitrogens with zero attached hydrogens (tertiary/aromatic N) is 4. The van der Waals surface area contributed by atoms with E-state index in [2.05, 4.69) is 26.7 Å². The lowest BCUT2D eigenvalue weighted by atomic mass is 9.93. The van der Waals surface area contributed by atoms with Gasteiger partial charge in [-0.3, -0.25) is 4.79 Å². The molecule has 2 aromatic rings. The highest BCUT2D eigenvalue weighted by molar-refractivity contribution is 7.16. The third-order valence-electron chi connectivity index (χ3n) is 4.65. The number of amides is 1. The molecule has 160 valence electrons. The first-order chi connectivity index (χ1) is 14.0. The Morgan fingerprint density at radius 3 is 2.60 bits per heavy atom. The molecule has 0 radical (unpaired) electrons. The number of hydrogen-bond acceptors (Lipinski definition) is 7. The normalized spacial score (nSPS) is 14.1. The van der Waals surface area contributed by atoms with E-state index in [9.17, 15) is 23.2 Å². The van der Waals surface area contributed by atoms with E-state index in [4.69, 9.17) is 0 Å². The fourth-order valence-corrected chi connectivity index (χ4v) is 4.41. The molecule has 2 N–H and O–H groups in total. The smallest absolute Gasteiger partial charge is 0.372 e. The van der Waals surface area contributed by atoms with E-state index in [1.54, 1.807) is 4.90 Å². The van der Waals surface area contributed by atoms with Crippen molar-refractivity contribution in [2.24, 2.45) is 5.41 Å². The molecule has 30 heavy (non-hydrogen) atoms. The summed E-state index contributed by atoms with van der Waals surface area (Å²) in [6.07, 6.45) is -3.35. The molecule has 0 aliphatic carbocycles. The molecule has 3 rings (SSSR count). The minimum atomic E-state index is -4.58. The highest BCUT2D eigenvalue weighted by Gasteiger charge is 2.35. The number of thiophene rings is 1. The summed E-state index contributed by atoms with van der Waals surface area (Å²) >= 11 is 1.29. The van der Waals surface area contributed by atoms with Crippen molar-refractivity contribution in [1.29, 1.82) is 5.26 Å². The number of carbonyl (C=O) groups excluding carboxylic acids is 1. The summed E-state index contributed by atoms with van der Waals surface area (Å²) in [4.78, 5) is 22.9. The number of fused-ring (bicyclic) bond motifs is 1. The predicted molar refractivity (Wildman–Crippen MR) is 107 cm³/mol. The number of aromatic nitrogens is 2. The second-order valence-electron chi connectivity index (χ2n) is 7.88. The quantitative estimate of drug-likeness (QED) is 0.748. The van der Waals surface area contributed by atoms with Gasteiger partial charge in [-0.25, -0.2) is 4.98 Å². The average Bonchev–Trinajstić information content (AvgIpc) is 3.01. The van der Waals surface area contributed by atoms with Gasteiger partial charge in [-0.15, -0.1) is 11.3 Å². The number of anilines is 3. The van der Waals surface area contributed by atoms with E-state index in [0.717, 1.165) is 10.4 Å². The van der Waals surface area contributed by atoms with E-state index >= 15 is 0 Å². The van der Waals surface area contributed by atoms with E-state index in [1.807, 2.05) is 20.8 Å². The highest BCUT2D eigenvalue weighted by atomic mass is 32.1. The summed E-state index contributed by atoms with van der Waals surface area (Å²) in [5.41, 5.74) is -0.222. The molecule has 1 aliphatic rings. The van der Waals surface area contributed by atoms with Gasteiger partial charge in [0.15, 0.2) is 0 Å². The van der Waals surface area contributed by atoms with Gasteiger partial charge in [0.25, 0.3) is 0 Å². The van der Waals surface area contributed by atoms with Gasteiger partial charge in [0.05, 0.1) is 12.1 Å². The van der Waals surface area contributed by atoms with Crippen molar-refractivity contribution in [3.8, 4) is 6.07 Å². The summed E-state index contributed by atoms with van der Waals surface area (Å²) in [6.45, 7) is 6.47. The Hall–Kier alpha value is -2.87. The van der Waals surface area contributed by atoms with Crippen LogP contribution in [0.3, 0.4) is 0 Å². The first-order valence-electron chi connectivity index (χ1n) is 9.18. The van der Waals surface area contributed by atoms with Crippen LogP contribution >= 0.6 is 11.3 Å².